The fourth-order valence-corrected chi connectivity index (χ4v) is 2.09. The van der Waals surface area contributed by atoms with Crippen molar-refractivity contribution >= 4 is 21.7 Å². The molecule has 0 radical (unpaired) electrons. The Morgan fingerprint density at radius 3 is 2.50 bits per heavy atom. The number of anilines is 1. The number of hydrogen-bond acceptors (Lipinski definition) is 4. The summed E-state index contributed by atoms with van der Waals surface area (Å²) in [7, 11) is -2.50. The first-order valence-electron chi connectivity index (χ1n) is 4.47. The normalized spacial score (nSPS) is 10.9. The highest BCUT2D eigenvalue weighted by Gasteiger charge is 2.17. The van der Waals surface area contributed by atoms with E-state index in [9.17, 15) is 13.2 Å². The van der Waals surface area contributed by atoms with Gasteiger partial charge in [0.1, 0.15) is 0 Å². The maximum absolute atomic E-state index is 11.7. The van der Waals surface area contributed by atoms with E-state index in [-0.39, 0.29) is 4.90 Å². The van der Waals surface area contributed by atoms with E-state index in [1.54, 1.807) is 6.92 Å². The van der Waals surface area contributed by atoms with Gasteiger partial charge in [-0.2, -0.15) is 0 Å². The largest absolute Gasteiger partial charge is 0.399 e. The Bertz CT molecular complexity index is 511. The van der Waals surface area contributed by atoms with E-state index in [1.807, 2.05) is 4.72 Å². The summed E-state index contributed by atoms with van der Waals surface area (Å²) in [4.78, 5) is 10.9. The predicted octanol–water partition coefficient (Wildman–Crippen LogP) is 0.195. The number of aryl methyl sites for hydroxylation is 1. The van der Waals surface area contributed by atoms with Crippen LogP contribution in [-0.2, 0) is 10.0 Å². The van der Waals surface area contributed by atoms with Crippen LogP contribution in [0.5, 0.6) is 0 Å². The number of nitrogens with two attached hydrogens (primary N) is 1. The van der Waals surface area contributed by atoms with Crippen LogP contribution in [-0.4, -0.2) is 21.5 Å². The summed E-state index contributed by atoms with van der Waals surface area (Å²) in [6, 6.07) is 3.44. The molecule has 0 heterocycles. The Kier molecular flexibility index (Phi) is 3.38. The Morgan fingerprint density at radius 1 is 1.38 bits per heavy atom. The van der Waals surface area contributed by atoms with Crippen LogP contribution >= 0.6 is 0 Å². The molecule has 0 aliphatic rings. The SMILES string of the molecule is CNC(=O)NS(=O)(=O)c1ccc(N)c(C)c1. The highest BCUT2D eigenvalue weighted by Crippen LogP contribution is 2.16. The maximum Gasteiger partial charge on any atom is 0.328 e. The smallest absolute Gasteiger partial charge is 0.328 e. The molecule has 88 valence electrons. The number of nitrogen functional groups attached to an aromatic ring is 1. The average Bonchev–Trinajstić information content (AvgIpc) is 2.21. The first-order valence-corrected chi connectivity index (χ1v) is 5.96. The minimum Gasteiger partial charge on any atom is -0.399 e. The molecule has 0 aliphatic carbocycles. The van der Waals surface area contributed by atoms with Crippen molar-refractivity contribution in [2.75, 3.05) is 12.8 Å². The van der Waals surface area contributed by atoms with E-state index in [4.69, 9.17) is 5.73 Å². The van der Waals surface area contributed by atoms with Crippen molar-refractivity contribution in [2.45, 2.75) is 11.8 Å². The highest BCUT2D eigenvalue weighted by molar-refractivity contribution is 7.90. The van der Waals surface area contributed by atoms with Gasteiger partial charge in [0.15, 0.2) is 0 Å². The minimum absolute atomic E-state index is 0.00259. The van der Waals surface area contributed by atoms with Crippen molar-refractivity contribution in [1.29, 1.82) is 0 Å². The van der Waals surface area contributed by atoms with Gasteiger partial charge in [0.25, 0.3) is 10.0 Å². The van der Waals surface area contributed by atoms with Crippen molar-refractivity contribution in [3.8, 4) is 0 Å². The third kappa shape index (κ3) is 2.63. The number of hydrogen-bond donors (Lipinski definition) is 3. The molecule has 2 amide bonds. The summed E-state index contributed by atoms with van der Waals surface area (Å²) in [6.07, 6.45) is 0. The number of carbonyl (C=O) groups excluding carboxylic acids is 1. The van der Waals surface area contributed by atoms with E-state index in [0.29, 0.717) is 11.3 Å². The van der Waals surface area contributed by atoms with Crippen molar-refractivity contribution in [3.05, 3.63) is 23.8 Å². The summed E-state index contributed by atoms with van der Waals surface area (Å²) in [6.45, 7) is 1.69. The Morgan fingerprint density at radius 2 is 2.00 bits per heavy atom. The van der Waals surface area contributed by atoms with Gasteiger partial charge in [0.2, 0.25) is 0 Å². The number of nitrogens with one attached hydrogen (secondary N) is 2. The number of amides is 2. The monoisotopic (exact) mass is 243 g/mol. The zero-order valence-electron chi connectivity index (χ0n) is 8.94. The third-order valence-corrected chi connectivity index (χ3v) is 3.33. The lowest BCUT2D eigenvalue weighted by molar-refractivity contribution is 0.248. The number of benzene rings is 1. The molecule has 4 N–H and O–H groups in total. The highest BCUT2D eigenvalue weighted by atomic mass is 32.2. The Labute approximate surface area is 93.9 Å². The molecular formula is C9H13N3O3S. The summed E-state index contributed by atoms with van der Waals surface area (Å²) < 4.78 is 25.2. The van der Waals surface area contributed by atoms with Gasteiger partial charge in [-0.3, -0.25) is 0 Å². The van der Waals surface area contributed by atoms with Gasteiger partial charge in [-0.05, 0) is 30.7 Å². The first-order chi connectivity index (χ1) is 7.36. The molecule has 6 nitrogen and oxygen atoms in total. The van der Waals surface area contributed by atoms with Crippen molar-refractivity contribution in [1.82, 2.24) is 10.0 Å². The molecule has 0 unspecified atom stereocenters. The number of rotatable bonds is 2. The predicted molar refractivity (Wildman–Crippen MR) is 60.4 cm³/mol. The molecule has 1 aromatic carbocycles. The number of urea groups is 1. The molecule has 0 fully saturated rings. The second-order valence-electron chi connectivity index (χ2n) is 3.20. The van der Waals surface area contributed by atoms with Crippen LogP contribution < -0.4 is 15.8 Å². The second kappa shape index (κ2) is 4.40. The molecule has 0 bridgehead atoms. The van der Waals surface area contributed by atoms with Crippen LogP contribution in [0.3, 0.4) is 0 Å². The standard InChI is InChI=1S/C9H13N3O3S/c1-6-5-7(3-4-8(6)10)16(14,15)12-9(13)11-2/h3-5H,10H2,1-2H3,(H2,11,12,13). The number of carbonyl (C=O) groups is 1. The summed E-state index contributed by atoms with van der Waals surface area (Å²) >= 11 is 0. The van der Waals surface area contributed by atoms with Crippen LogP contribution in [0.25, 0.3) is 0 Å². The third-order valence-electron chi connectivity index (χ3n) is 2.01. The van der Waals surface area contributed by atoms with Gasteiger partial charge in [0, 0.05) is 12.7 Å². The molecule has 16 heavy (non-hydrogen) atoms. The summed E-state index contributed by atoms with van der Waals surface area (Å²) in [5.74, 6) is 0. The molecule has 1 rings (SSSR count). The summed E-state index contributed by atoms with van der Waals surface area (Å²) in [5.41, 5.74) is 6.70. The first kappa shape index (κ1) is 12.3. The van der Waals surface area contributed by atoms with E-state index in [2.05, 4.69) is 5.32 Å². The van der Waals surface area contributed by atoms with Gasteiger partial charge < -0.3 is 11.1 Å². The average molecular weight is 243 g/mol. The molecule has 7 heteroatoms. The molecule has 0 atom stereocenters. The van der Waals surface area contributed by atoms with E-state index in [1.165, 1.54) is 25.2 Å². The fourth-order valence-electron chi connectivity index (χ4n) is 1.05. The van der Waals surface area contributed by atoms with E-state index >= 15 is 0 Å². The lowest BCUT2D eigenvalue weighted by Gasteiger charge is -2.07. The van der Waals surface area contributed by atoms with Crippen LogP contribution in [0, 0.1) is 6.92 Å². The van der Waals surface area contributed by atoms with Crippen molar-refractivity contribution < 1.29 is 13.2 Å². The molecule has 1 aromatic rings. The quantitative estimate of drug-likeness (QED) is 0.645. The molecule has 0 saturated heterocycles. The van der Waals surface area contributed by atoms with Gasteiger partial charge in [0.05, 0.1) is 4.90 Å². The molecular weight excluding hydrogens is 230 g/mol. The lowest BCUT2D eigenvalue weighted by Crippen LogP contribution is -2.37. The number of sulfonamides is 1. The fraction of sp³-hybridized carbons (Fsp3) is 0.222. The topological polar surface area (TPSA) is 101 Å². The van der Waals surface area contributed by atoms with Gasteiger partial charge in [-0.15, -0.1) is 0 Å². The van der Waals surface area contributed by atoms with Crippen LogP contribution in [0.4, 0.5) is 10.5 Å². The Hall–Kier alpha value is -1.76. The zero-order valence-corrected chi connectivity index (χ0v) is 9.76. The van der Waals surface area contributed by atoms with Gasteiger partial charge in [-0.25, -0.2) is 17.9 Å². The van der Waals surface area contributed by atoms with Crippen LogP contribution in [0.2, 0.25) is 0 Å². The van der Waals surface area contributed by atoms with Gasteiger partial charge in [-0.1, -0.05) is 0 Å². The molecule has 0 aromatic heterocycles. The van der Waals surface area contributed by atoms with Gasteiger partial charge >= 0.3 is 6.03 Å². The second-order valence-corrected chi connectivity index (χ2v) is 4.89. The molecule has 0 aliphatic heterocycles. The zero-order chi connectivity index (χ0) is 12.3. The van der Waals surface area contributed by atoms with E-state index < -0.39 is 16.1 Å². The Balaban J connectivity index is 3.08. The summed E-state index contributed by atoms with van der Waals surface area (Å²) in [5, 5.41) is 2.16. The van der Waals surface area contributed by atoms with E-state index in [0.717, 1.165) is 0 Å². The lowest BCUT2D eigenvalue weighted by atomic mass is 10.2. The molecule has 0 spiro atoms. The minimum atomic E-state index is -3.83. The van der Waals surface area contributed by atoms with Crippen molar-refractivity contribution in [2.24, 2.45) is 0 Å². The maximum atomic E-state index is 11.7. The molecule has 0 saturated carbocycles. The van der Waals surface area contributed by atoms with Crippen LogP contribution in [0.1, 0.15) is 5.56 Å². The van der Waals surface area contributed by atoms with Crippen molar-refractivity contribution in [3.63, 3.8) is 0 Å². The van der Waals surface area contributed by atoms with Crippen LogP contribution in [0.15, 0.2) is 23.1 Å².